The lowest BCUT2D eigenvalue weighted by atomic mass is 9.82. The van der Waals surface area contributed by atoms with E-state index in [1.54, 1.807) is 13.1 Å². The third-order valence-electron chi connectivity index (χ3n) is 3.95. The molecule has 0 aromatic heterocycles. The average molecular weight is 345 g/mol. The number of esters is 1. The molecule has 0 radical (unpaired) electrons. The molecule has 1 aromatic carbocycles. The van der Waals surface area contributed by atoms with Crippen LogP contribution in [0.5, 0.6) is 0 Å². The molecule has 1 N–H and O–H groups in total. The molecule has 0 heterocycles. The minimum absolute atomic E-state index is 0.160. The molecule has 0 saturated heterocycles. The molecule has 25 heavy (non-hydrogen) atoms. The van der Waals surface area contributed by atoms with Gasteiger partial charge in [-0.2, -0.15) is 0 Å². The zero-order valence-electron chi connectivity index (χ0n) is 15.4. The van der Waals surface area contributed by atoms with Crippen molar-refractivity contribution in [2.24, 2.45) is 0 Å². The Morgan fingerprint density at radius 3 is 2.76 bits per heavy atom. The van der Waals surface area contributed by atoms with Gasteiger partial charge < -0.3 is 9.47 Å². The Hall–Kier alpha value is -2.30. The van der Waals surface area contributed by atoms with E-state index in [2.05, 4.69) is 5.32 Å². The lowest BCUT2D eigenvalue weighted by molar-refractivity contribution is 0.0522. The molecule has 1 unspecified atom stereocenters. The fourth-order valence-electron chi connectivity index (χ4n) is 2.92. The van der Waals surface area contributed by atoms with Gasteiger partial charge in [0.25, 0.3) is 0 Å². The largest absolute Gasteiger partial charge is 0.462 e. The van der Waals surface area contributed by atoms with E-state index >= 15 is 0 Å². The molecule has 1 aromatic rings. The molecule has 0 fully saturated rings. The molecule has 0 aliphatic heterocycles. The van der Waals surface area contributed by atoms with Crippen molar-refractivity contribution in [3.05, 3.63) is 47.2 Å². The van der Waals surface area contributed by atoms with E-state index in [1.165, 1.54) is 5.56 Å². The van der Waals surface area contributed by atoms with Gasteiger partial charge in [0, 0.05) is 12.1 Å². The SMILES string of the molecule is CCOC(=O)c1ccc2c(c1)C(C=CNC(=O)OC(C)(C)C)CCC2. The summed E-state index contributed by atoms with van der Waals surface area (Å²) in [7, 11) is 0. The van der Waals surface area contributed by atoms with Gasteiger partial charge in [0.05, 0.1) is 12.2 Å². The third kappa shape index (κ3) is 5.62. The summed E-state index contributed by atoms with van der Waals surface area (Å²) in [6.45, 7) is 7.63. The van der Waals surface area contributed by atoms with Crippen LogP contribution in [-0.4, -0.2) is 24.3 Å². The lowest BCUT2D eigenvalue weighted by Crippen LogP contribution is -2.29. The number of fused-ring (bicyclic) bond motifs is 1. The van der Waals surface area contributed by atoms with Crippen LogP contribution in [0.1, 0.15) is 67.9 Å². The van der Waals surface area contributed by atoms with Crippen molar-refractivity contribution in [3.63, 3.8) is 0 Å². The molecule has 1 amide bonds. The molecular formula is C20H27NO4. The first-order valence-corrected chi connectivity index (χ1v) is 8.76. The maximum absolute atomic E-state index is 12.0. The number of ether oxygens (including phenoxy) is 2. The van der Waals surface area contributed by atoms with Crippen LogP contribution in [0, 0.1) is 0 Å². The monoisotopic (exact) mass is 345 g/mol. The van der Waals surface area contributed by atoms with E-state index in [9.17, 15) is 9.59 Å². The zero-order valence-corrected chi connectivity index (χ0v) is 15.4. The predicted molar refractivity (Wildman–Crippen MR) is 96.6 cm³/mol. The first kappa shape index (κ1) is 19.0. The van der Waals surface area contributed by atoms with Crippen molar-refractivity contribution in [1.29, 1.82) is 0 Å². The number of carbonyl (C=O) groups is 2. The Morgan fingerprint density at radius 2 is 2.08 bits per heavy atom. The average Bonchev–Trinajstić information content (AvgIpc) is 2.53. The smallest absolute Gasteiger partial charge is 0.411 e. The third-order valence-corrected chi connectivity index (χ3v) is 3.95. The van der Waals surface area contributed by atoms with Crippen molar-refractivity contribution in [2.75, 3.05) is 6.61 Å². The standard InChI is InChI=1S/C20H27NO4/c1-5-24-18(22)16-10-9-14-7-6-8-15(17(14)13-16)11-12-21-19(23)25-20(2,3)4/h9-13,15H,5-8H2,1-4H3,(H,21,23). The van der Waals surface area contributed by atoms with E-state index < -0.39 is 11.7 Å². The van der Waals surface area contributed by atoms with Crippen LogP contribution in [0.3, 0.4) is 0 Å². The molecule has 0 bridgehead atoms. The molecule has 5 nitrogen and oxygen atoms in total. The van der Waals surface area contributed by atoms with Gasteiger partial charge in [-0.25, -0.2) is 9.59 Å². The van der Waals surface area contributed by atoms with Crippen LogP contribution < -0.4 is 5.32 Å². The number of aryl methyl sites for hydroxylation is 1. The van der Waals surface area contributed by atoms with Crippen molar-refractivity contribution < 1.29 is 19.1 Å². The summed E-state index contributed by atoms with van der Waals surface area (Å²) in [5.74, 6) is -0.140. The van der Waals surface area contributed by atoms with Gasteiger partial charge in [-0.15, -0.1) is 0 Å². The number of alkyl carbamates (subject to hydrolysis) is 1. The number of rotatable bonds is 4. The Kier molecular flexibility index (Phi) is 6.23. The summed E-state index contributed by atoms with van der Waals surface area (Å²) in [4.78, 5) is 23.7. The van der Waals surface area contributed by atoms with Gasteiger partial charge in [0.15, 0.2) is 0 Å². The van der Waals surface area contributed by atoms with Crippen molar-refractivity contribution in [2.45, 2.75) is 58.5 Å². The Bertz CT molecular complexity index is 658. The number of nitrogens with one attached hydrogen (secondary N) is 1. The number of hydrogen-bond acceptors (Lipinski definition) is 4. The molecular weight excluding hydrogens is 318 g/mol. The van der Waals surface area contributed by atoms with Crippen LogP contribution in [0.15, 0.2) is 30.5 Å². The first-order chi connectivity index (χ1) is 11.8. The minimum Gasteiger partial charge on any atom is -0.462 e. The number of carbonyl (C=O) groups excluding carboxylic acids is 2. The summed E-state index contributed by atoms with van der Waals surface area (Å²) >= 11 is 0. The van der Waals surface area contributed by atoms with Crippen molar-refractivity contribution in [1.82, 2.24) is 5.32 Å². The second kappa shape index (κ2) is 8.19. The first-order valence-electron chi connectivity index (χ1n) is 8.76. The van der Waals surface area contributed by atoms with Gasteiger partial charge >= 0.3 is 12.1 Å². The summed E-state index contributed by atoms with van der Waals surface area (Å²) < 4.78 is 10.3. The van der Waals surface area contributed by atoms with E-state index in [4.69, 9.17) is 9.47 Å². The number of hydrogen-bond donors (Lipinski definition) is 1. The molecule has 5 heteroatoms. The molecule has 0 saturated carbocycles. The van der Waals surface area contributed by atoms with Gasteiger partial charge in [0.1, 0.15) is 5.60 Å². The second-order valence-electron chi connectivity index (χ2n) is 7.14. The number of allylic oxidation sites excluding steroid dienone is 1. The van der Waals surface area contributed by atoms with E-state index in [0.29, 0.717) is 12.2 Å². The molecule has 0 spiro atoms. The van der Waals surface area contributed by atoms with E-state index in [-0.39, 0.29) is 11.9 Å². The summed E-state index contributed by atoms with van der Waals surface area (Å²) in [6, 6.07) is 5.74. The maximum atomic E-state index is 12.0. The zero-order chi connectivity index (χ0) is 18.4. The van der Waals surface area contributed by atoms with Crippen LogP contribution in [0.4, 0.5) is 4.79 Å². The summed E-state index contributed by atoms with van der Waals surface area (Å²) in [6.07, 6.45) is 6.17. The summed E-state index contributed by atoms with van der Waals surface area (Å²) in [5, 5.41) is 2.64. The maximum Gasteiger partial charge on any atom is 0.411 e. The highest BCUT2D eigenvalue weighted by Gasteiger charge is 2.20. The van der Waals surface area contributed by atoms with Crippen LogP contribution in [-0.2, 0) is 15.9 Å². The second-order valence-corrected chi connectivity index (χ2v) is 7.14. The number of benzene rings is 1. The van der Waals surface area contributed by atoms with Gasteiger partial charge in [-0.3, -0.25) is 5.32 Å². The quantitative estimate of drug-likeness (QED) is 0.825. The van der Waals surface area contributed by atoms with Gasteiger partial charge in [0.2, 0.25) is 0 Å². The van der Waals surface area contributed by atoms with Gasteiger partial charge in [-0.1, -0.05) is 12.1 Å². The van der Waals surface area contributed by atoms with Crippen molar-refractivity contribution in [3.8, 4) is 0 Å². The Morgan fingerprint density at radius 1 is 1.32 bits per heavy atom. The predicted octanol–water partition coefficient (Wildman–Crippen LogP) is 4.32. The van der Waals surface area contributed by atoms with Crippen LogP contribution >= 0.6 is 0 Å². The lowest BCUT2D eigenvalue weighted by Gasteiger charge is -2.24. The molecule has 1 aliphatic rings. The fourth-order valence-corrected chi connectivity index (χ4v) is 2.92. The molecule has 1 atom stereocenters. The summed E-state index contributed by atoms with van der Waals surface area (Å²) in [5.41, 5.74) is 2.41. The normalized spacial score (nSPS) is 17.0. The number of amides is 1. The van der Waals surface area contributed by atoms with Gasteiger partial charge in [-0.05, 0) is 70.2 Å². The van der Waals surface area contributed by atoms with E-state index in [0.717, 1.165) is 24.8 Å². The van der Waals surface area contributed by atoms with Crippen molar-refractivity contribution >= 4 is 12.1 Å². The molecule has 2 rings (SSSR count). The highest BCUT2D eigenvalue weighted by Crippen LogP contribution is 2.33. The van der Waals surface area contributed by atoms with E-state index in [1.807, 2.05) is 45.0 Å². The topological polar surface area (TPSA) is 64.6 Å². The van der Waals surface area contributed by atoms with Crippen LogP contribution in [0.2, 0.25) is 0 Å². The molecule has 136 valence electrons. The Labute approximate surface area is 149 Å². The fraction of sp³-hybridized carbons (Fsp3) is 0.500. The minimum atomic E-state index is -0.524. The Balaban J connectivity index is 2.09. The highest BCUT2D eigenvalue weighted by molar-refractivity contribution is 5.89. The highest BCUT2D eigenvalue weighted by atomic mass is 16.6. The molecule has 1 aliphatic carbocycles. The van der Waals surface area contributed by atoms with Crippen LogP contribution in [0.25, 0.3) is 0 Å².